The van der Waals surface area contributed by atoms with Crippen LogP contribution in [0.1, 0.15) is 10.4 Å². The molecule has 0 aliphatic heterocycles. The summed E-state index contributed by atoms with van der Waals surface area (Å²) in [5, 5.41) is 22.5. The molecule has 0 saturated heterocycles. The van der Waals surface area contributed by atoms with E-state index in [-0.39, 0.29) is 5.91 Å². The highest BCUT2D eigenvalue weighted by molar-refractivity contribution is 7.13. The van der Waals surface area contributed by atoms with E-state index in [4.69, 9.17) is 0 Å². The molecular weight excluding hydrogens is 276 g/mol. The van der Waals surface area contributed by atoms with E-state index in [1.807, 2.05) is 17.5 Å². The van der Waals surface area contributed by atoms with E-state index in [0.29, 0.717) is 16.1 Å². The van der Waals surface area contributed by atoms with Gasteiger partial charge in [-0.05, 0) is 11.4 Å². The summed E-state index contributed by atoms with van der Waals surface area (Å²) in [4.78, 5) is 13.0. The number of thiophene rings is 1. The van der Waals surface area contributed by atoms with E-state index in [2.05, 4.69) is 15.5 Å². The van der Waals surface area contributed by atoms with Gasteiger partial charge in [-0.2, -0.15) is 9.83 Å². The van der Waals surface area contributed by atoms with Crippen molar-refractivity contribution < 1.29 is 9.52 Å². The maximum absolute atomic E-state index is 11.9. The van der Waals surface area contributed by atoms with Crippen LogP contribution in [0.4, 0.5) is 5.82 Å². The van der Waals surface area contributed by atoms with Gasteiger partial charge in [0.05, 0.1) is 16.1 Å². The van der Waals surface area contributed by atoms with Crippen molar-refractivity contribution in [2.75, 3.05) is 5.32 Å². The Morgan fingerprint density at radius 1 is 1.35 bits per heavy atom. The van der Waals surface area contributed by atoms with Crippen LogP contribution in [0.15, 0.2) is 48.1 Å². The third-order valence-corrected chi connectivity index (χ3v) is 3.57. The maximum Gasteiger partial charge on any atom is 0.257 e. The smallest absolute Gasteiger partial charge is 0.257 e. The average molecular weight is 286 g/mol. The molecule has 0 aromatic carbocycles. The van der Waals surface area contributed by atoms with Gasteiger partial charge in [0.2, 0.25) is 0 Å². The van der Waals surface area contributed by atoms with Crippen LogP contribution in [-0.4, -0.2) is 16.1 Å². The Morgan fingerprint density at radius 3 is 2.85 bits per heavy atom. The molecule has 0 fully saturated rings. The summed E-state index contributed by atoms with van der Waals surface area (Å²) >= 11 is 1.58. The third-order valence-electron chi connectivity index (χ3n) is 2.67. The van der Waals surface area contributed by atoms with Crippen LogP contribution >= 0.6 is 11.3 Å². The molecule has 2 N–H and O–H groups in total. The quantitative estimate of drug-likeness (QED) is 0.570. The zero-order valence-corrected chi connectivity index (χ0v) is 11.1. The van der Waals surface area contributed by atoms with Gasteiger partial charge in [0.1, 0.15) is 0 Å². The van der Waals surface area contributed by atoms with Gasteiger partial charge in [-0.15, -0.1) is 11.3 Å². The highest BCUT2D eigenvalue weighted by Gasteiger charge is 2.10. The molecule has 3 heterocycles. The van der Waals surface area contributed by atoms with Crippen molar-refractivity contribution in [2.24, 2.45) is 0 Å². The summed E-state index contributed by atoms with van der Waals surface area (Å²) in [5.41, 5.74) is 1.25. The lowest BCUT2D eigenvalue weighted by Crippen LogP contribution is -2.25. The minimum atomic E-state index is -0.310. The first kappa shape index (κ1) is 12.4. The summed E-state index contributed by atoms with van der Waals surface area (Å²) in [5.74, 6) is 0.132. The Hall–Kier alpha value is -2.67. The summed E-state index contributed by atoms with van der Waals surface area (Å²) < 4.78 is 0.625. The summed E-state index contributed by atoms with van der Waals surface area (Å²) in [7, 11) is 0. The fourth-order valence-electron chi connectivity index (χ4n) is 1.70. The SMILES string of the molecule is O=C(Nc1cc(-c2cccs2)[nH]n1)c1cc[n+]([O-])cc1. The van der Waals surface area contributed by atoms with Gasteiger partial charge in [-0.1, -0.05) is 6.07 Å². The normalized spacial score (nSPS) is 10.4. The number of hydrogen-bond donors (Lipinski definition) is 2. The van der Waals surface area contributed by atoms with E-state index in [1.54, 1.807) is 17.4 Å². The molecule has 0 atom stereocenters. The number of pyridine rings is 1. The molecule has 3 aromatic heterocycles. The van der Waals surface area contributed by atoms with Gasteiger partial charge in [-0.3, -0.25) is 9.89 Å². The van der Waals surface area contributed by atoms with Crippen LogP contribution in [0.3, 0.4) is 0 Å². The van der Waals surface area contributed by atoms with Crippen LogP contribution in [-0.2, 0) is 0 Å². The van der Waals surface area contributed by atoms with Gasteiger partial charge in [0, 0.05) is 18.2 Å². The number of nitrogens with one attached hydrogen (secondary N) is 2. The minimum absolute atomic E-state index is 0.310. The van der Waals surface area contributed by atoms with Crippen molar-refractivity contribution in [1.29, 1.82) is 0 Å². The highest BCUT2D eigenvalue weighted by atomic mass is 32.1. The molecule has 3 rings (SSSR count). The molecule has 20 heavy (non-hydrogen) atoms. The van der Waals surface area contributed by atoms with Crippen LogP contribution in [0.2, 0.25) is 0 Å². The minimum Gasteiger partial charge on any atom is -0.619 e. The lowest BCUT2D eigenvalue weighted by Gasteiger charge is -2.01. The van der Waals surface area contributed by atoms with E-state index in [0.717, 1.165) is 10.6 Å². The fraction of sp³-hybridized carbons (Fsp3) is 0. The molecule has 0 aliphatic carbocycles. The Bertz CT molecular complexity index is 719. The number of carbonyl (C=O) groups is 1. The maximum atomic E-state index is 11.9. The van der Waals surface area contributed by atoms with Gasteiger partial charge in [-0.25, -0.2) is 0 Å². The van der Waals surface area contributed by atoms with Gasteiger partial charge in [0.25, 0.3) is 5.91 Å². The number of hydrogen-bond acceptors (Lipinski definition) is 4. The van der Waals surface area contributed by atoms with Crippen molar-refractivity contribution in [2.45, 2.75) is 0 Å². The number of carbonyl (C=O) groups excluding carboxylic acids is 1. The monoisotopic (exact) mass is 286 g/mol. The first-order chi connectivity index (χ1) is 9.72. The van der Waals surface area contributed by atoms with Gasteiger partial charge >= 0.3 is 0 Å². The van der Waals surface area contributed by atoms with Crippen LogP contribution < -0.4 is 10.0 Å². The largest absolute Gasteiger partial charge is 0.619 e. The first-order valence-corrected chi connectivity index (χ1v) is 6.70. The summed E-state index contributed by atoms with van der Waals surface area (Å²) in [6.45, 7) is 0. The number of H-pyrrole nitrogens is 1. The number of rotatable bonds is 3. The fourth-order valence-corrected chi connectivity index (χ4v) is 2.39. The lowest BCUT2D eigenvalue weighted by molar-refractivity contribution is -0.605. The van der Waals surface area contributed by atoms with E-state index < -0.39 is 0 Å². The van der Waals surface area contributed by atoms with Crippen LogP contribution in [0.25, 0.3) is 10.6 Å². The number of aromatic nitrogens is 3. The molecule has 0 spiro atoms. The Morgan fingerprint density at radius 2 is 2.15 bits per heavy atom. The van der Waals surface area contributed by atoms with Crippen molar-refractivity contribution >= 4 is 23.1 Å². The molecule has 3 aromatic rings. The van der Waals surface area contributed by atoms with Crippen molar-refractivity contribution in [3.05, 3.63) is 58.9 Å². The second-order valence-corrected chi connectivity index (χ2v) is 4.99. The zero-order chi connectivity index (χ0) is 13.9. The molecule has 1 amide bonds. The lowest BCUT2D eigenvalue weighted by atomic mass is 10.2. The van der Waals surface area contributed by atoms with Crippen LogP contribution in [0, 0.1) is 5.21 Å². The number of aromatic amines is 1. The highest BCUT2D eigenvalue weighted by Crippen LogP contribution is 2.24. The molecule has 7 heteroatoms. The van der Waals surface area contributed by atoms with E-state index in [1.165, 1.54) is 24.5 Å². The second kappa shape index (κ2) is 5.14. The Balaban J connectivity index is 1.75. The molecular formula is C13H10N4O2S. The average Bonchev–Trinajstić information content (AvgIpc) is 3.09. The Kier molecular flexibility index (Phi) is 3.18. The topological polar surface area (TPSA) is 84.7 Å². The van der Waals surface area contributed by atoms with E-state index in [9.17, 15) is 10.0 Å². The van der Waals surface area contributed by atoms with Gasteiger partial charge < -0.3 is 10.5 Å². The Labute approximate surface area is 118 Å². The summed E-state index contributed by atoms with van der Waals surface area (Å²) in [6, 6.07) is 8.58. The molecule has 0 saturated carbocycles. The van der Waals surface area contributed by atoms with Crippen LogP contribution in [0.5, 0.6) is 0 Å². The molecule has 6 nitrogen and oxygen atoms in total. The molecule has 0 radical (unpaired) electrons. The van der Waals surface area contributed by atoms with Crippen molar-refractivity contribution in [3.63, 3.8) is 0 Å². The van der Waals surface area contributed by atoms with Crippen molar-refractivity contribution in [3.8, 4) is 10.6 Å². The van der Waals surface area contributed by atoms with E-state index >= 15 is 0 Å². The molecule has 100 valence electrons. The number of nitrogens with zero attached hydrogens (tertiary/aromatic N) is 2. The van der Waals surface area contributed by atoms with Gasteiger partial charge in [0.15, 0.2) is 18.2 Å². The molecule has 0 bridgehead atoms. The predicted octanol–water partition coefficient (Wildman–Crippen LogP) is 2.02. The molecule has 0 aliphatic rings. The third kappa shape index (κ3) is 2.52. The molecule has 0 unspecified atom stereocenters. The zero-order valence-electron chi connectivity index (χ0n) is 10.2. The van der Waals surface area contributed by atoms with Crippen molar-refractivity contribution in [1.82, 2.24) is 10.2 Å². The number of amides is 1. The first-order valence-electron chi connectivity index (χ1n) is 5.82. The summed E-state index contributed by atoms with van der Waals surface area (Å²) in [6.07, 6.45) is 2.55. The number of anilines is 1. The standard InChI is InChI=1S/C13H10N4O2S/c18-13(9-3-5-17(19)6-4-9)14-12-8-10(15-16-12)11-2-1-7-20-11/h1-8H,(H2,14,15,16,18). The second-order valence-electron chi connectivity index (χ2n) is 4.04. The predicted molar refractivity (Wildman–Crippen MR) is 75.3 cm³/mol.